The number of ether oxygens (including phenoxy) is 1. The van der Waals surface area contributed by atoms with Crippen LogP contribution in [-0.2, 0) is 6.61 Å². The lowest BCUT2D eigenvalue weighted by Crippen LogP contribution is -1.95. The van der Waals surface area contributed by atoms with Crippen molar-refractivity contribution in [2.45, 2.75) is 13.5 Å². The normalized spacial score (nSPS) is 10.3. The molecule has 0 amide bonds. The third kappa shape index (κ3) is 2.76. The summed E-state index contributed by atoms with van der Waals surface area (Å²) in [6.07, 6.45) is 2.71. The minimum atomic E-state index is -0.446. The Kier molecular flexibility index (Phi) is 3.30. The average Bonchev–Trinajstić information content (AvgIpc) is 2.34. The van der Waals surface area contributed by atoms with Crippen LogP contribution in [0.1, 0.15) is 11.3 Å². The first kappa shape index (κ1) is 11.5. The monoisotopic (exact) mass is 234 g/mol. The van der Waals surface area contributed by atoms with E-state index in [1.165, 1.54) is 24.5 Å². The first-order valence-corrected chi connectivity index (χ1v) is 5.05. The van der Waals surface area contributed by atoms with E-state index in [0.717, 1.165) is 5.56 Å². The van der Waals surface area contributed by atoms with E-state index in [9.17, 15) is 4.39 Å². The van der Waals surface area contributed by atoms with Gasteiger partial charge in [0, 0.05) is 0 Å². The molecule has 4 nitrogen and oxygen atoms in total. The third-order valence-corrected chi connectivity index (χ3v) is 2.15. The molecule has 5 heteroatoms. The zero-order chi connectivity index (χ0) is 12.3. The number of rotatable bonds is 3. The van der Waals surface area contributed by atoms with Crippen molar-refractivity contribution in [1.82, 2.24) is 9.97 Å². The Hall–Kier alpha value is -2.01. The molecule has 1 heterocycles. The number of benzene rings is 1. The molecule has 1 aromatic heterocycles. The van der Waals surface area contributed by atoms with Gasteiger partial charge in [-0.05, 0) is 24.6 Å². The van der Waals surface area contributed by atoms with Gasteiger partial charge >= 0.3 is 0 Å². The molecule has 0 aliphatic rings. The first-order chi connectivity index (χ1) is 8.19. The van der Waals surface area contributed by atoms with Gasteiger partial charge in [0.05, 0.1) is 24.7 Å². The molecule has 0 bridgehead atoms. The van der Waals surface area contributed by atoms with Crippen molar-refractivity contribution in [3.63, 3.8) is 0 Å². The molecule has 17 heavy (non-hydrogen) atoms. The van der Waals surface area contributed by atoms with Crippen molar-refractivity contribution in [2.75, 3.05) is 0 Å². The van der Waals surface area contributed by atoms with Gasteiger partial charge in [0.15, 0.2) is 11.6 Å². The van der Waals surface area contributed by atoms with Gasteiger partial charge in [0.2, 0.25) is 5.88 Å². The van der Waals surface area contributed by atoms with Crippen molar-refractivity contribution >= 4 is 0 Å². The first-order valence-electron chi connectivity index (χ1n) is 5.05. The molecule has 2 rings (SSSR count). The number of hydrogen-bond acceptors (Lipinski definition) is 4. The Morgan fingerprint density at radius 3 is 2.71 bits per heavy atom. The van der Waals surface area contributed by atoms with E-state index >= 15 is 0 Å². The van der Waals surface area contributed by atoms with Gasteiger partial charge in [-0.15, -0.1) is 0 Å². The van der Waals surface area contributed by atoms with Gasteiger partial charge in [-0.1, -0.05) is 6.07 Å². The Morgan fingerprint density at radius 1 is 1.29 bits per heavy atom. The Balaban J connectivity index is 2.19. The number of aliphatic hydroxyl groups is 1. The summed E-state index contributed by atoms with van der Waals surface area (Å²) in [6, 6.07) is 4.66. The summed E-state index contributed by atoms with van der Waals surface area (Å²) in [5.41, 5.74) is 1.25. The molecule has 0 saturated carbocycles. The van der Waals surface area contributed by atoms with Crippen LogP contribution in [-0.4, -0.2) is 15.1 Å². The van der Waals surface area contributed by atoms with Crippen LogP contribution in [0.15, 0.2) is 30.6 Å². The Morgan fingerprint density at radius 2 is 2.12 bits per heavy atom. The molecule has 1 aromatic carbocycles. The van der Waals surface area contributed by atoms with Gasteiger partial charge in [-0.25, -0.2) is 9.37 Å². The highest BCUT2D eigenvalue weighted by molar-refractivity contribution is 5.31. The van der Waals surface area contributed by atoms with Crippen LogP contribution in [0.25, 0.3) is 0 Å². The molecule has 1 N–H and O–H groups in total. The summed E-state index contributed by atoms with van der Waals surface area (Å²) in [5, 5.41) is 8.79. The van der Waals surface area contributed by atoms with E-state index in [2.05, 4.69) is 9.97 Å². The molecule has 0 atom stereocenters. The van der Waals surface area contributed by atoms with Crippen LogP contribution in [0.2, 0.25) is 0 Å². The van der Waals surface area contributed by atoms with Gasteiger partial charge in [-0.2, -0.15) is 0 Å². The predicted molar refractivity (Wildman–Crippen MR) is 59.2 cm³/mol. The predicted octanol–water partition coefficient (Wildman–Crippen LogP) is 2.21. The molecule has 0 spiro atoms. The van der Waals surface area contributed by atoms with Crippen LogP contribution in [0.4, 0.5) is 4.39 Å². The number of nitrogens with zero attached hydrogens (tertiary/aromatic N) is 2. The summed E-state index contributed by atoms with van der Waals surface area (Å²) in [6.45, 7) is 1.61. The molecule has 0 saturated heterocycles. The molecule has 0 aliphatic carbocycles. The van der Waals surface area contributed by atoms with Crippen LogP contribution in [0.3, 0.4) is 0 Å². The second-order valence-corrected chi connectivity index (χ2v) is 3.54. The minimum Gasteiger partial charge on any atom is -0.434 e. The molecule has 0 unspecified atom stereocenters. The zero-order valence-corrected chi connectivity index (χ0v) is 9.22. The van der Waals surface area contributed by atoms with Gasteiger partial charge in [-0.3, -0.25) is 4.98 Å². The van der Waals surface area contributed by atoms with E-state index in [-0.39, 0.29) is 18.2 Å². The van der Waals surface area contributed by atoms with Crippen LogP contribution in [0.5, 0.6) is 11.6 Å². The summed E-state index contributed by atoms with van der Waals surface area (Å²) in [5.74, 6) is -0.162. The molecule has 0 aliphatic heterocycles. The van der Waals surface area contributed by atoms with Crippen molar-refractivity contribution < 1.29 is 14.2 Å². The lowest BCUT2D eigenvalue weighted by atomic mass is 10.2. The van der Waals surface area contributed by atoms with Gasteiger partial charge < -0.3 is 9.84 Å². The molecular formula is C12H11FN2O2. The molecule has 0 fully saturated rings. The largest absolute Gasteiger partial charge is 0.434 e. The van der Waals surface area contributed by atoms with E-state index in [0.29, 0.717) is 5.69 Å². The van der Waals surface area contributed by atoms with E-state index in [1.807, 2.05) is 0 Å². The topological polar surface area (TPSA) is 55.2 Å². The maximum atomic E-state index is 13.5. The molecule has 2 aromatic rings. The van der Waals surface area contributed by atoms with E-state index in [1.54, 1.807) is 13.0 Å². The molecule has 88 valence electrons. The number of aromatic nitrogens is 2. The van der Waals surface area contributed by atoms with Crippen LogP contribution < -0.4 is 4.74 Å². The highest BCUT2D eigenvalue weighted by atomic mass is 19.1. The number of halogens is 1. The highest BCUT2D eigenvalue weighted by Crippen LogP contribution is 2.22. The highest BCUT2D eigenvalue weighted by Gasteiger charge is 2.06. The van der Waals surface area contributed by atoms with E-state index < -0.39 is 5.82 Å². The van der Waals surface area contributed by atoms with Crippen molar-refractivity contribution in [1.29, 1.82) is 0 Å². The summed E-state index contributed by atoms with van der Waals surface area (Å²) in [7, 11) is 0. The lowest BCUT2D eigenvalue weighted by Gasteiger charge is -2.06. The van der Waals surface area contributed by atoms with Crippen LogP contribution in [0, 0.1) is 12.7 Å². The Bertz CT molecular complexity index is 514. The maximum Gasteiger partial charge on any atom is 0.237 e. The van der Waals surface area contributed by atoms with E-state index in [4.69, 9.17) is 9.84 Å². The number of aliphatic hydroxyl groups excluding tert-OH is 1. The fourth-order valence-corrected chi connectivity index (χ4v) is 1.28. The summed E-state index contributed by atoms with van der Waals surface area (Å²) >= 11 is 0. The fraction of sp³-hybridized carbons (Fsp3) is 0.167. The smallest absolute Gasteiger partial charge is 0.237 e. The molecular weight excluding hydrogens is 223 g/mol. The second kappa shape index (κ2) is 4.88. The Labute approximate surface area is 97.7 Å². The van der Waals surface area contributed by atoms with Crippen molar-refractivity contribution in [3.8, 4) is 11.6 Å². The lowest BCUT2D eigenvalue weighted by molar-refractivity contribution is 0.275. The second-order valence-electron chi connectivity index (χ2n) is 3.54. The van der Waals surface area contributed by atoms with Gasteiger partial charge in [0.1, 0.15) is 0 Å². The van der Waals surface area contributed by atoms with Gasteiger partial charge in [0.25, 0.3) is 0 Å². The van der Waals surface area contributed by atoms with Crippen LogP contribution >= 0.6 is 0 Å². The van der Waals surface area contributed by atoms with Crippen molar-refractivity contribution in [2.24, 2.45) is 0 Å². The average molecular weight is 234 g/mol. The zero-order valence-electron chi connectivity index (χ0n) is 9.22. The quantitative estimate of drug-likeness (QED) is 0.884. The number of aryl methyl sites for hydroxylation is 1. The number of hydrogen-bond donors (Lipinski definition) is 1. The fourth-order valence-electron chi connectivity index (χ4n) is 1.28. The SMILES string of the molecule is Cc1ccc(Oc2cnc(CO)cn2)c(F)c1. The summed E-state index contributed by atoms with van der Waals surface area (Å²) < 4.78 is 18.7. The maximum absolute atomic E-state index is 13.5. The van der Waals surface area contributed by atoms with Crippen molar-refractivity contribution in [3.05, 3.63) is 47.7 Å². The molecule has 0 radical (unpaired) electrons. The third-order valence-electron chi connectivity index (χ3n) is 2.15. The minimum absolute atomic E-state index is 0.0987. The summed E-state index contributed by atoms with van der Waals surface area (Å²) in [4.78, 5) is 7.78. The standard InChI is InChI=1S/C12H11FN2O2/c1-8-2-3-11(10(13)4-8)17-12-6-14-9(7-16)5-15-12/h2-6,16H,7H2,1H3.